The van der Waals surface area contributed by atoms with Crippen molar-refractivity contribution in [3.05, 3.63) is 47.8 Å². The molecule has 2 heterocycles. The molecule has 0 atom stereocenters. The number of benzene rings is 1. The number of hydrogen-bond donors (Lipinski definition) is 2. The summed E-state index contributed by atoms with van der Waals surface area (Å²) in [6, 6.07) is 5.61. The largest absolute Gasteiger partial charge is 0.494 e. The number of rotatable bonds is 9. The van der Waals surface area contributed by atoms with Crippen LogP contribution in [0.4, 0.5) is 4.39 Å². The maximum absolute atomic E-state index is 13.9. The first-order valence-electron chi connectivity index (χ1n) is 11.1. The Morgan fingerprint density at radius 1 is 1.28 bits per heavy atom. The summed E-state index contributed by atoms with van der Waals surface area (Å²) in [7, 11) is 3.30. The van der Waals surface area contributed by atoms with E-state index < -0.39 is 0 Å². The fourth-order valence-corrected chi connectivity index (χ4v) is 3.94. The lowest BCUT2D eigenvalue weighted by Gasteiger charge is -2.33. The van der Waals surface area contributed by atoms with E-state index >= 15 is 0 Å². The number of guanidine groups is 1. The zero-order valence-electron chi connectivity index (χ0n) is 19.3. The summed E-state index contributed by atoms with van der Waals surface area (Å²) in [5.41, 5.74) is 0.980. The molecule has 0 radical (unpaired) electrons. The lowest BCUT2D eigenvalue weighted by atomic mass is 10.0. The second-order valence-corrected chi connectivity index (χ2v) is 8.04. The van der Waals surface area contributed by atoms with Crippen molar-refractivity contribution >= 4 is 29.9 Å². The predicted molar refractivity (Wildman–Crippen MR) is 137 cm³/mol. The van der Waals surface area contributed by atoms with Crippen LogP contribution < -0.4 is 15.4 Å². The number of nitrogens with zero attached hydrogens (tertiary/aromatic N) is 4. The number of likely N-dealkylation sites (tertiary alicyclic amines) is 1. The summed E-state index contributed by atoms with van der Waals surface area (Å²) in [6.07, 6.45) is 8.14. The molecular weight excluding hydrogens is 522 g/mol. The molecule has 2 aromatic rings. The van der Waals surface area contributed by atoms with Crippen LogP contribution in [0.1, 0.15) is 37.1 Å². The number of aryl methyl sites for hydroxylation is 2. The third kappa shape index (κ3) is 7.91. The molecule has 32 heavy (non-hydrogen) atoms. The van der Waals surface area contributed by atoms with Crippen LogP contribution in [-0.4, -0.2) is 60.2 Å². The first-order valence-corrected chi connectivity index (χ1v) is 11.1. The van der Waals surface area contributed by atoms with E-state index in [1.807, 2.05) is 32.4 Å². The Hall–Kier alpha value is -1.88. The number of hydrogen-bond acceptors (Lipinski definition) is 4. The molecule has 178 valence electrons. The van der Waals surface area contributed by atoms with E-state index in [9.17, 15) is 4.39 Å². The SMILES string of the molecule is CN=C(NCCCCn1ccnc1C)NC1CCN(Cc2ccc(OC)c(F)c2)CC1.I. The highest BCUT2D eigenvalue weighted by atomic mass is 127. The topological polar surface area (TPSA) is 66.7 Å². The zero-order valence-corrected chi connectivity index (χ0v) is 21.6. The predicted octanol–water partition coefficient (Wildman–Crippen LogP) is 3.57. The fraction of sp³-hybridized carbons (Fsp3) is 0.565. The molecule has 1 aromatic heterocycles. The van der Waals surface area contributed by atoms with Gasteiger partial charge in [-0.15, -0.1) is 24.0 Å². The Kier molecular flexibility index (Phi) is 11.2. The van der Waals surface area contributed by atoms with E-state index in [0.717, 1.165) is 75.8 Å². The number of nitrogens with one attached hydrogen (secondary N) is 2. The van der Waals surface area contributed by atoms with Gasteiger partial charge in [0, 0.05) is 58.2 Å². The van der Waals surface area contributed by atoms with Gasteiger partial charge in [0.1, 0.15) is 5.82 Å². The smallest absolute Gasteiger partial charge is 0.191 e. The summed E-state index contributed by atoms with van der Waals surface area (Å²) in [4.78, 5) is 11.0. The summed E-state index contributed by atoms with van der Waals surface area (Å²) in [5.74, 6) is 1.93. The average molecular weight is 558 g/mol. The number of halogens is 2. The molecule has 3 rings (SSSR count). The van der Waals surface area contributed by atoms with Gasteiger partial charge in [0.15, 0.2) is 17.5 Å². The van der Waals surface area contributed by atoms with Gasteiger partial charge in [0.2, 0.25) is 0 Å². The van der Waals surface area contributed by atoms with Crippen molar-refractivity contribution in [1.29, 1.82) is 0 Å². The molecule has 1 aromatic carbocycles. The van der Waals surface area contributed by atoms with Crippen molar-refractivity contribution in [2.24, 2.45) is 4.99 Å². The molecule has 1 saturated heterocycles. The van der Waals surface area contributed by atoms with Gasteiger partial charge in [0.25, 0.3) is 0 Å². The number of aliphatic imine (C=N–C) groups is 1. The minimum atomic E-state index is -0.299. The monoisotopic (exact) mass is 558 g/mol. The number of ether oxygens (including phenoxy) is 1. The Morgan fingerprint density at radius 3 is 2.69 bits per heavy atom. The number of aromatic nitrogens is 2. The second kappa shape index (κ2) is 13.6. The van der Waals surface area contributed by atoms with Gasteiger partial charge in [-0.1, -0.05) is 6.07 Å². The third-order valence-electron chi connectivity index (χ3n) is 5.82. The molecular formula is C23H36FIN6O. The van der Waals surface area contributed by atoms with E-state index in [0.29, 0.717) is 11.8 Å². The Bertz CT molecular complexity index is 851. The highest BCUT2D eigenvalue weighted by molar-refractivity contribution is 14.0. The Labute approximate surface area is 207 Å². The molecule has 1 fully saturated rings. The third-order valence-corrected chi connectivity index (χ3v) is 5.82. The number of methoxy groups -OCH3 is 1. The maximum Gasteiger partial charge on any atom is 0.191 e. The van der Waals surface area contributed by atoms with Crippen LogP contribution in [0, 0.1) is 12.7 Å². The van der Waals surface area contributed by atoms with E-state index in [1.165, 1.54) is 7.11 Å². The normalized spacial score (nSPS) is 15.3. The fourth-order valence-electron chi connectivity index (χ4n) is 3.94. The molecule has 0 saturated carbocycles. The van der Waals surface area contributed by atoms with Crippen LogP contribution >= 0.6 is 24.0 Å². The maximum atomic E-state index is 13.9. The van der Waals surface area contributed by atoms with Crippen LogP contribution in [0.3, 0.4) is 0 Å². The minimum absolute atomic E-state index is 0. The average Bonchev–Trinajstić information content (AvgIpc) is 3.18. The molecule has 0 bridgehead atoms. The van der Waals surface area contributed by atoms with E-state index in [1.54, 1.807) is 12.1 Å². The van der Waals surface area contributed by atoms with E-state index in [4.69, 9.17) is 4.74 Å². The van der Waals surface area contributed by atoms with Crippen LogP contribution in [-0.2, 0) is 13.1 Å². The number of imidazole rings is 1. The molecule has 0 spiro atoms. The van der Waals surface area contributed by atoms with E-state index in [-0.39, 0.29) is 29.8 Å². The van der Waals surface area contributed by atoms with E-state index in [2.05, 4.69) is 30.1 Å². The van der Waals surface area contributed by atoms with Gasteiger partial charge in [-0.2, -0.15) is 0 Å². The lowest BCUT2D eigenvalue weighted by Crippen LogP contribution is -2.48. The zero-order chi connectivity index (χ0) is 22.1. The van der Waals surface area contributed by atoms with Gasteiger partial charge in [-0.3, -0.25) is 9.89 Å². The molecule has 9 heteroatoms. The van der Waals surface area contributed by atoms with Crippen LogP contribution in [0.25, 0.3) is 0 Å². The quantitative estimate of drug-likeness (QED) is 0.213. The lowest BCUT2D eigenvalue weighted by molar-refractivity contribution is 0.198. The van der Waals surface area contributed by atoms with Gasteiger partial charge in [-0.05, 0) is 50.3 Å². The molecule has 2 N–H and O–H groups in total. The minimum Gasteiger partial charge on any atom is -0.494 e. The number of piperidine rings is 1. The van der Waals surface area contributed by atoms with Crippen LogP contribution in [0.5, 0.6) is 5.75 Å². The summed E-state index contributed by atoms with van der Waals surface area (Å²) in [5, 5.41) is 6.97. The van der Waals surface area contributed by atoms with Crippen molar-refractivity contribution in [1.82, 2.24) is 25.1 Å². The first-order chi connectivity index (χ1) is 15.1. The molecule has 0 unspecified atom stereocenters. The molecule has 0 aliphatic carbocycles. The highest BCUT2D eigenvalue weighted by Gasteiger charge is 2.20. The first kappa shape index (κ1) is 26.4. The van der Waals surface area contributed by atoms with Gasteiger partial charge >= 0.3 is 0 Å². The molecule has 1 aliphatic heterocycles. The number of unbranched alkanes of at least 4 members (excludes halogenated alkanes) is 1. The van der Waals surface area contributed by atoms with Crippen molar-refractivity contribution in [3.63, 3.8) is 0 Å². The standard InChI is InChI=1S/C23H35FN6O.HI/c1-18-26-11-15-30(18)12-5-4-10-27-23(25-2)28-20-8-13-29(14-9-20)17-19-6-7-22(31-3)21(24)16-19;/h6-7,11,15-16,20H,4-5,8-10,12-14,17H2,1-3H3,(H2,25,27,28);1H. The Balaban J connectivity index is 0.00000363. The van der Waals surface area contributed by atoms with Crippen molar-refractivity contribution < 1.29 is 9.13 Å². The van der Waals surface area contributed by atoms with Crippen LogP contribution in [0.15, 0.2) is 35.6 Å². The van der Waals surface area contributed by atoms with Crippen LogP contribution in [0.2, 0.25) is 0 Å². The second-order valence-electron chi connectivity index (χ2n) is 8.04. The van der Waals surface area contributed by atoms with Crippen molar-refractivity contribution in [2.45, 2.75) is 51.7 Å². The molecule has 0 amide bonds. The molecule has 1 aliphatic rings. The van der Waals surface area contributed by atoms with Gasteiger partial charge < -0.3 is 19.9 Å². The van der Waals surface area contributed by atoms with Gasteiger partial charge in [-0.25, -0.2) is 9.37 Å². The summed E-state index contributed by atoms with van der Waals surface area (Å²) >= 11 is 0. The summed E-state index contributed by atoms with van der Waals surface area (Å²) < 4.78 is 21.1. The van der Waals surface area contributed by atoms with Gasteiger partial charge in [0.05, 0.1) is 7.11 Å². The Morgan fingerprint density at radius 2 is 2.06 bits per heavy atom. The van der Waals surface area contributed by atoms with Crippen molar-refractivity contribution in [2.75, 3.05) is 33.8 Å². The van der Waals surface area contributed by atoms with Crippen molar-refractivity contribution in [3.8, 4) is 5.75 Å². The summed E-state index contributed by atoms with van der Waals surface area (Å²) in [6.45, 7) is 6.64. The highest BCUT2D eigenvalue weighted by Crippen LogP contribution is 2.20. The molecule has 7 nitrogen and oxygen atoms in total.